The fraction of sp³-hybridized carbons (Fsp3) is 0.562. The van der Waals surface area contributed by atoms with Gasteiger partial charge in [0, 0.05) is 18.2 Å². The van der Waals surface area contributed by atoms with Crippen LogP contribution in [0.5, 0.6) is 0 Å². The first kappa shape index (κ1) is 15.3. The van der Waals surface area contributed by atoms with Gasteiger partial charge in [0.15, 0.2) is 11.3 Å². The molecule has 2 saturated carbocycles. The van der Waals surface area contributed by atoms with Gasteiger partial charge in [-0.2, -0.15) is 0 Å². The molecule has 0 unspecified atom stereocenters. The number of nitrogens with one attached hydrogen (secondary N) is 2. The SMILES string of the molecule is O=S(=O)(N[C@@H]1CCC[C@H](c2nnc3cnc4[nH]ccc4n23)C1)C1CC1. The van der Waals surface area contributed by atoms with Gasteiger partial charge in [-0.15, -0.1) is 10.2 Å². The van der Waals surface area contributed by atoms with Gasteiger partial charge in [-0.3, -0.25) is 4.40 Å². The molecule has 9 heteroatoms. The predicted octanol–water partition coefficient (Wildman–Crippen LogP) is 1.71. The van der Waals surface area contributed by atoms with E-state index in [0.717, 1.165) is 61.2 Å². The second kappa shape index (κ2) is 5.50. The van der Waals surface area contributed by atoms with Gasteiger partial charge in [0.2, 0.25) is 10.0 Å². The maximum absolute atomic E-state index is 12.3. The van der Waals surface area contributed by atoms with Crippen LogP contribution in [0.4, 0.5) is 0 Å². The second-order valence-electron chi connectivity index (χ2n) is 7.14. The van der Waals surface area contributed by atoms with Gasteiger partial charge in [-0.25, -0.2) is 18.1 Å². The van der Waals surface area contributed by atoms with Gasteiger partial charge in [-0.1, -0.05) is 6.42 Å². The third-order valence-corrected chi connectivity index (χ3v) is 7.31. The molecule has 0 amide bonds. The summed E-state index contributed by atoms with van der Waals surface area (Å²) < 4.78 is 29.5. The standard InChI is InChI=1S/C16H20N6O2S/c23-25(24,12-4-5-12)21-11-3-1-2-10(8-11)16-20-19-14-9-18-15-13(22(14)16)6-7-17-15/h6-7,9-12,17,21H,1-5,8H2/t10-,11+/m0/s1. The van der Waals surface area contributed by atoms with E-state index < -0.39 is 10.0 Å². The van der Waals surface area contributed by atoms with Crippen LogP contribution in [0, 0.1) is 0 Å². The average molecular weight is 360 g/mol. The monoisotopic (exact) mass is 360 g/mol. The zero-order valence-electron chi connectivity index (χ0n) is 13.7. The first-order chi connectivity index (χ1) is 12.1. The number of H-pyrrole nitrogens is 1. The van der Waals surface area contributed by atoms with E-state index >= 15 is 0 Å². The van der Waals surface area contributed by atoms with Crippen molar-refractivity contribution in [2.75, 3.05) is 0 Å². The molecule has 0 aromatic carbocycles. The van der Waals surface area contributed by atoms with Crippen LogP contribution in [-0.2, 0) is 10.0 Å². The number of aromatic nitrogens is 5. The Hall–Kier alpha value is -2.00. The van der Waals surface area contributed by atoms with Crippen molar-refractivity contribution in [1.29, 1.82) is 0 Å². The van der Waals surface area contributed by atoms with Gasteiger partial charge in [-0.05, 0) is 38.2 Å². The Morgan fingerprint density at radius 2 is 2.08 bits per heavy atom. The van der Waals surface area contributed by atoms with Crippen LogP contribution in [0.15, 0.2) is 18.5 Å². The molecule has 0 aliphatic heterocycles. The van der Waals surface area contributed by atoms with Crippen LogP contribution in [0.1, 0.15) is 50.3 Å². The molecule has 0 spiro atoms. The summed E-state index contributed by atoms with van der Waals surface area (Å²) in [5.41, 5.74) is 2.48. The molecular formula is C16H20N6O2S. The molecule has 2 aliphatic carbocycles. The zero-order chi connectivity index (χ0) is 17.0. The first-order valence-corrected chi connectivity index (χ1v) is 10.3. The molecular weight excluding hydrogens is 340 g/mol. The lowest BCUT2D eigenvalue weighted by atomic mass is 9.85. The van der Waals surface area contributed by atoms with Gasteiger partial charge in [0.25, 0.3) is 0 Å². The van der Waals surface area contributed by atoms with E-state index in [9.17, 15) is 8.42 Å². The molecule has 0 saturated heterocycles. The lowest BCUT2D eigenvalue weighted by Crippen LogP contribution is -2.39. The maximum atomic E-state index is 12.3. The van der Waals surface area contributed by atoms with E-state index in [4.69, 9.17) is 0 Å². The van der Waals surface area contributed by atoms with Crippen molar-refractivity contribution in [2.45, 2.75) is 55.7 Å². The molecule has 2 fully saturated rings. The minimum Gasteiger partial charge on any atom is -0.345 e. The third kappa shape index (κ3) is 2.62. The van der Waals surface area contributed by atoms with Gasteiger partial charge >= 0.3 is 0 Å². The number of hydrogen-bond donors (Lipinski definition) is 2. The number of rotatable bonds is 4. The summed E-state index contributed by atoms with van der Waals surface area (Å²) in [5, 5.41) is 8.49. The van der Waals surface area contributed by atoms with E-state index in [1.165, 1.54) is 0 Å². The summed E-state index contributed by atoms with van der Waals surface area (Å²) in [6.45, 7) is 0. The van der Waals surface area contributed by atoms with E-state index in [-0.39, 0.29) is 17.2 Å². The van der Waals surface area contributed by atoms with Crippen molar-refractivity contribution in [3.8, 4) is 0 Å². The molecule has 3 aromatic rings. The predicted molar refractivity (Wildman–Crippen MR) is 92.7 cm³/mol. The van der Waals surface area contributed by atoms with E-state index in [0.29, 0.717) is 0 Å². The highest BCUT2D eigenvalue weighted by molar-refractivity contribution is 7.90. The molecule has 25 heavy (non-hydrogen) atoms. The van der Waals surface area contributed by atoms with Gasteiger partial charge in [0.1, 0.15) is 5.82 Å². The lowest BCUT2D eigenvalue weighted by molar-refractivity contribution is 0.360. The van der Waals surface area contributed by atoms with Crippen LogP contribution in [0.25, 0.3) is 16.8 Å². The molecule has 2 aliphatic rings. The number of fused-ring (bicyclic) bond motifs is 3. The fourth-order valence-electron chi connectivity index (χ4n) is 3.90. The van der Waals surface area contributed by atoms with Crippen molar-refractivity contribution in [3.63, 3.8) is 0 Å². The minimum absolute atomic E-state index is 0.0137. The largest absolute Gasteiger partial charge is 0.345 e. The van der Waals surface area contributed by atoms with Crippen LogP contribution >= 0.6 is 0 Å². The van der Waals surface area contributed by atoms with Gasteiger partial charge in [0.05, 0.1) is 17.0 Å². The molecule has 3 aromatic heterocycles. The Bertz CT molecular complexity index is 1040. The molecule has 8 nitrogen and oxygen atoms in total. The Morgan fingerprint density at radius 3 is 2.92 bits per heavy atom. The normalized spacial score (nSPS) is 25.0. The molecule has 2 N–H and O–H groups in total. The molecule has 5 rings (SSSR count). The number of aromatic amines is 1. The summed E-state index contributed by atoms with van der Waals surface area (Å²) in [4.78, 5) is 7.46. The number of hydrogen-bond acceptors (Lipinski definition) is 5. The summed E-state index contributed by atoms with van der Waals surface area (Å²) >= 11 is 0. The number of sulfonamides is 1. The highest BCUT2D eigenvalue weighted by Gasteiger charge is 2.38. The molecule has 0 radical (unpaired) electrons. The van der Waals surface area contributed by atoms with Crippen molar-refractivity contribution >= 4 is 26.8 Å². The summed E-state index contributed by atoms with van der Waals surface area (Å²) in [6, 6.07) is 1.96. The van der Waals surface area contributed by atoms with Crippen molar-refractivity contribution in [2.24, 2.45) is 0 Å². The Balaban J connectivity index is 1.46. The van der Waals surface area contributed by atoms with E-state index in [1.807, 2.05) is 16.7 Å². The van der Waals surface area contributed by atoms with E-state index in [2.05, 4.69) is 24.9 Å². The Morgan fingerprint density at radius 1 is 1.20 bits per heavy atom. The quantitative estimate of drug-likeness (QED) is 0.737. The smallest absolute Gasteiger partial charge is 0.214 e. The highest BCUT2D eigenvalue weighted by Crippen LogP contribution is 2.35. The molecule has 132 valence electrons. The summed E-state index contributed by atoms with van der Waals surface area (Å²) in [7, 11) is -3.16. The molecule has 2 atom stereocenters. The summed E-state index contributed by atoms with van der Waals surface area (Å²) in [6.07, 6.45) is 8.79. The zero-order valence-corrected chi connectivity index (χ0v) is 14.5. The minimum atomic E-state index is -3.16. The lowest BCUT2D eigenvalue weighted by Gasteiger charge is -2.28. The fourth-order valence-corrected chi connectivity index (χ4v) is 5.53. The topological polar surface area (TPSA) is 105 Å². The van der Waals surface area contributed by atoms with Crippen LogP contribution < -0.4 is 4.72 Å². The Kier molecular flexibility index (Phi) is 3.36. The third-order valence-electron chi connectivity index (χ3n) is 5.30. The van der Waals surface area contributed by atoms with E-state index in [1.54, 1.807) is 6.20 Å². The first-order valence-electron chi connectivity index (χ1n) is 8.80. The van der Waals surface area contributed by atoms with Crippen molar-refractivity contribution < 1.29 is 8.42 Å². The Labute approximate surface area is 145 Å². The number of nitrogens with zero attached hydrogens (tertiary/aromatic N) is 4. The second-order valence-corrected chi connectivity index (χ2v) is 9.14. The van der Waals surface area contributed by atoms with Crippen molar-refractivity contribution in [3.05, 3.63) is 24.3 Å². The molecule has 0 bridgehead atoms. The maximum Gasteiger partial charge on any atom is 0.214 e. The van der Waals surface area contributed by atoms with Crippen LogP contribution in [0.3, 0.4) is 0 Å². The van der Waals surface area contributed by atoms with Crippen molar-refractivity contribution in [1.82, 2.24) is 29.3 Å². The highest BCUT2D eigenvalue weighted by atomic mass is 32.2. The van der Waals surface area contributed by atoms with Gasteiger partial charge < -0.3 is 4.98 Å². The average Bonchev–Trinajstić information content (AvgIpc) is 3.20. The molecule has 3 heterocycles. The van der Waals surface area contributed by atoms with Crippen LogP contribution in [0.2, 0.25) is 0 Å². The van der Waals surface area contributed by atoms with Crippen LogP contribution in [-0.4, -0.2) is 44.3 Å². The summed E-state index contributed by atoms with van der Waals surface area (Å²) in [5.74, 6) is 1.09.